The van der Waals surface area contributed by atoms with Gasteiger partial charge in [0.25, 0.3) is 0 Å². The van der Waals surface area contributed by atoms with Gasteiger partial charge in [0.15, 0.2) is 0 Å². The SMILES string of the molecule is ClOCl.F. The van der Waals surface area contributed by atoms with Crippen LogP contribution in [0.2, 0.25) is 0 Å². The van der Waals surface area contributed by atoms with Gasteiger partial charge in [0.2, 0.25) is 0 Å². The summed E-state index contributed by atoms with van der Waals surface area (Å²) in [5.74, 6) is 0. The average molecular weight is 107 g/mol. The summed E-state index contributed by atoms with van der Waals surface area (Å²) in [7, 11) is 0. The summed E-state index contributed by atoms with van der Waals surface area (Å²) < 4.78 is 3.19. The van der Waals surface area contributed by atoms with Crippen LogP contribution in [0, 0.1) is 0 Å². The Labute approximate surface area is 33.2 Å². The summed E-state index contributed by atoms with van der Waals surface area (Å²) in [5, 5.41) is 0. The number of rotatable bonds is 0. The molecule has 0 unspecified atom stereocenters. The first-order chi connectivity index (χ1) is 1.41. The summed E-state index contributed by atoms with van der Waals surface area (Å²) in [5.41, 5.74) is 0. The fourth-order valence-electron chi connectivity index (χ4n) is 0. The van der Waals surface area contributed by atoms with Crippen molar-refractivity contribution in [1.82, 2.24) is 0 Å². The molecule has 4 heteroatoms. The normalized spacial score (nSPS) is 4.50. The molecular formula is HCl2FO. The molecule has 0 N–H and O–H groups in total. The maximum Gasteiger partial charge on any atom is 0.0832 e. The molecule has 0 saturated heterocycles. The van der Waals surface area contributed by atoms with Crippen LogP contribution < -0.4 is 0 Å². The highest BCUT2D eigenvalue weighted by Gasteiger charge is 1.38. The molecule has 0 heterocycles. The maximum atomic E-state index is 4.26. The van der Waals surface area contributed by atoms with Crippen LogP contribution in [0.5, 0.6) is 0 Å². The minimum atomic E-state index is 0. The Balaban J connectivity index is 0. The Hall–Kier alpha value is 0.470. The van der Waals surface area contributed by atoms with Gasteiger partial charge in [-0.1, -0.05) is 0 Å². The Kier molecular flexibility index (Phi) is 21.6. The Morgan fingerprint density at radius 1 is 1.25 bits per heavy atom. The van der Waals surface area contributed by atoms with Gasteiger partial charge in [-0.15, -0.1) is 0 Å². The van der Waals surface area contributed by atoms with Gasteiger partial charge in [-0.25, -0.2) is 0 Å². The topological polar surface area (TPSA) is 9.23 Å². The molecule has 0 aromatic carbocycles. The highest BCUT2D eigenvalue weighted by atomic mass is 35.6. The standard InChI is InChI=1S/Cl2O.FH/c1-3-2;/h;1H. The molecule has 4 heavy (non-hydrogen) atoms. The molecule has 0 amide bonds. The highest BCUT2D eigenvalue weighted by molar-refractivity contribution is 6.24. The molecular weight excluding hydrogens is 106 g/mol. The molecule has 0 aliphatic rings. The number of halogens is 3. The molecule has 28 valence electrons. The Bertz CT molecular complexity index is 6.00. The van der Waals surface area contributed by atoms with Gasteiger partial charge in [-0.05, 0) is 0 Å². The van der Waals surface area contributed by atoms with Gasteiger partial charge < -0.3 is 0 Å². The second-order valence-corrected chi connectivity index (χ2v) is 0.525. The summed E-state index contributed by atoms with van der Waals surface area (Å²) in [6.45, 7) is 0. The number of hydrogen-bond acceptors (Lipinski definition) is 1. The zero-order valence-corrected chi connectivity index (χ0v) is 3.08. The molecule has 0 rings (SSSR count). The third-order valence-corrected chi connectivity index (χ3v) is 0. The molecule has 0 spiro atoms. The third kappa shape index (κ3) is 24.2. The summed E-state index contributed by atoms with van der Waals surface area (Å²) in [6.07, 6.45) is 0. The minimum Gasteiger partial charge on any atom is -0.269 e. The molecule has 0 aliphatic heterocycles. The summed E-state index contributed by atoms with van der Waals surface area (Å²) in [4.78, 5) is 0. The highest BCUT2D eigenvalue weighted by Crippen LogP contribution is 1.78. The zero-order chi connectivity index (χ0) is 2.71. The van der Waals surface area contributed by atoms with Crippen molar-refractivity contribution in [2.24, 2.45) is 0 Å². The molecule has 0 aromatic rings. The lowest BCUT2D eigenvalue weighted by molar-refractivity contribution is 0.697. The lowest BCUT2D eigenvalue weighted by Gasteiger charge is -1.46. The van der Waals surface area contributed by atoms with Gasteiger partial charge in [0.05, 0.1) is 23.7 Å². The largest absolute Gasteiger partial charge is 0.269 e. The first-order valence-corrected chi connectivity index (χ1v) is 0.926. The molecule has 0 aromatic heterocycles. The van der Waals surface area contributed by atoms with E-state index in [-0.39, 0.29) is 4.70 Å². The predicted molar refractivity (Wildman–Crippen MR) is 15.3 cm³/mol. The van der Waals surface area contributed by atoms with Crippen LogP contribution >= 0.6 is 23.7 Å². The van der Waals surface area contributed by atoms with Crippen molar-refractivity contribution in [2.45, 2.75) is 0 Å². The third-order valence-electron chi connectivity index (χ3n) is 0. The van der Waals surface area contributed by atoms with E-state index in [1.807, 2.05) is 0 Å². The van der Waals surface area contributed by atoms with Crippen molar-refractivity contribution in [2.75, 3.05) is 0 Å². The average Bonchev–Trinajstić information content (AvgIpc) is 0.918. The quantitative estimate of drug-likeness (QED) is 0.455. The minimum absolute atomic E-state index is 0. The summed E-state index contributed by atoms with van der Waals surface area (Å²) >= 11 is 8.53. The van der Waals surface area contributed by atoms with E-state index in [1.54, 1.807) is 0 Å². The Morgan fingerprint density at radius 3 is 1.25 bits per heavy atom. The Morgan fingerprint density at radius 2 is 1.25 bits per heavy atom. The van der Waals surface area contributed by atoms with E-state index >= 15 is 0 Å². The van der Waals surface area contributed by atoms with E-state index in [4.69, 9.17) is 0 Å². The van der Waals surface area contributed by atoms with Crippen molar-refractivity contribution in [1.29, 1.82) is 0 Å². The lowest BCUT2D eigenvalue weighted by Crippen LogP contribution is -1.15. The smallest absolute Gasteiger partial charge is 0.0832 e. The molecule has 0 radical (unpaired) electrons. The van der Waals surface area contributed by atoms with E-state index < -0.39 is 0 Å². The van der Waals surface area contributed by atoms with Crippen molar-refractivity contribution < 1.29 is 8.55 Å². The predicted octanol–water partition coefficient (Wildman–Crippen LogP) is 1.46. The van der Waals surface area contributed by atoms with E-state index in [0.717, 1.165) is 0 Å². The van der Waals surface area contributed by atoms with Gasteiger partial charge >= 0.3 is 0 Å². The second-order valence-electron chi connectivity index (χ2n) is 0.0583. The van der Waals surface area contributed by atoms with Crippen LogP contribution in [0.1, 0.15) is 0 Å². The second kappa shape index (κ2) is 9.80. The van der Waals surface area contributed by atoms with E-state index in [2.05, 4.69) is 27.6 Å². The van der Waals surface area contributed by atoms with Gasteiger partial charge in [0, 0.05) is 0 Å². The fourth-order valence-corrected chi connectivity index (χ4v) is 0. The lowest BCUT2D eigenvalue weighted by atomic mass is 15.9. The molecule has 1 nitrogen and oxygen atoms in total. The number of hydrogen-bond donors (Lipinski definition) is 0. The van der Waals surface area contributed by atoms with Crippen molar-refractivity contribution in [3.05, 3.63) is 0 Å². The van der Waals surface area contributed by atoms with Crippen LogP contribution in [-0.4, -0.2) is 0 Å². The van der Waals surface area contributed by atoms with Gasteiger partial charge in [-0.2, -0.15) is 3.84 Å². The molecule has 0 fully saturated rings. The molecule has 0 aliphatic carbocycles. The van der Waals surface area contributed by atoms with Gasteiger partial charge in [-0.3, -0.25) is 4.70 Å². The van der Waals surface area contributed by atoms with Crippen LogP contribution in [0.25, 0.3) is 0 Å². The van der Waals surface area contributed by atoms with Crippen LogP contribution in [0.15, 0.2) is 0 Å². The van der Waals surface area contributed by atoms with Crippen LogP contribution in [0.3, 0.4) is 0 Å². The van der Waals surface area contributed by atoms with E-state index in [9.17, 15) is 0 Å². The maximum absolute atomic E-state index is 4.26. The molecule has 0 bridgehead atoms. The van der Waals surface area contributed by atoms with E-state index in [1.165, 1.54) is 0 Å². The summed E-state index contributed by atoms with van der Waals surface area (Å²) in [6, 6.07) is 0. The van der Waals surface area contributed by atoms with Crippen molar-refractivity contribution in [3.63, 3.8) is 0 Å². The van der Waals surface area contributed by atoms with Crippen LogP contribution in [0.4, 0.5) is 4.70 Å². The molecule has 0 saturated carbocycles. The van der Waals surface area contributed by atoms with Crippen LogP contribution in [-0.2, 0) is 3.84 Å². The first-order valence-electron chi connectivity index (χ1n) is 0.309. The first kappa shape index (κ1) is 8.82. The van der Waals surface area contributed by atoms with Gasteiger partial charge in [0.1, 0.15) is 0 Å². The molecule has 0 atom stereocenters. The van der Waals surface area contributed by atoms with Crippen molar-refractivity contribution in [3.8, 4) is 0 Å². The zero-order valence-electron chi connectivity index (χ0n) is 1.57. The van der Waals surface area contributed by atoms with E-state index in [0.29, 0.717) is 0 Å². The monoisotopic (exact) mass is 106 g/mol. The van der Waals surface area contributed by atoms with Crippen molar-refractivity contribution >= 4 is 23.7 Å². The fraction of sp³-hybridized carbons (Fsp3) is 0.